The van der Waals surface area contributed by atoms with Crippen LogP contribution in [0, 0.1) is 11.3 Å². The van der Waals surface area contributed by atoms with E-state index in [1.165, 1.54) is 0 Å². The summed E-state index contributed by atoms with van der Waals surface area (Å²) in [7, 11) is 1.76. The van der Waals surface area contributed by atoms with Gasteiger partial charge >= 0.3 is 0 Å². The first-order chi connectivity index (χ1) is 33.6. The molecule has 3 heterocycles. The number of carbonyl (C=O) groups is 6. The van der Waals surface area contributed by atoms with Gasteiger partial charge in [-0.3, -0.25) is 44.0 Å². The number of rotatable bonds is 26. The number of aromatic nitrogens is 1. The molecule has 0 radical (unpaired) electrons. The number of nitriles is 1. The van der Waals surface area contributed by atoms with Gasteiger partial charge in [0.15, 0.2) is 0 Å². The highest BCUT2D eigenvalue weighted by atomic mass is 16.6. The van der Waals surface area contributed by atoms with Crippen LogP contribution >= 0.6 is 0 Å². The molecule has 4 aromatic carbocycles. The quantitative estimate of drug-likeness (QED) is 0.0443. The third-order valence-electron chi connectivity index (χ3n) is 11.7. The minimum absolute atomic E-state index is 0.0524. The van der Waals surface area contributed by atoms with Crippen LogP contribution in [-0.2, 0) is 39.8 Å². The Hall–Kier alpha value is -7.30. The second-order valence-electron chi connectivity index (χ2n) is 16.5. The molecule has 2 aliphatic heterocycles. The van der Waals surface area contributed by atoms with E-state index in [1.54, 1.807) is 42.4 Å². The Labute approximate surface area is 399 Å². The average molecular weight is 941 g/mol. The van der Waals surface area contributed by atoms with E-state index in [0.717, 1.165) is 44.2 Å². The molecule has 1 unspecified atom stereocenters. The maximum absolute atomic E-state index is 13.2. The number of hydrogen-bond donors (Lipinski definition) is 4. The Morgan fingerprint density at radius 1 is 0.797 bits per heavy atom. The van der Waals surface area contributed by atoms with Crippen molar-refractivity contribution < 1.29 is 47.7 Å². The topological polar surface area (TPSA) is 231 Å². The van der Waals surface area contributed by atoms with Crippen molar-refractivity contribution in [2.24, 2.45) is 0 Å². The first kappa shape index (κ1) is 49.6. The van der Waals surface area contributed by atoms with Gasteiger partial charge in [-0.25, -0.2) is 0 Å². The van der Waals surface area contributed by atoms with E-state index in [1.807, 2.05) is 42.5 Å². The van der Waals surface area contributed by atoms with Gasteiger partial charge in [-0.2, -0.15) is 5.26 Å². The molecule has 1 aromatic heterocycles. The van der Waals surface area contributed by atoms with Crippen LogP contribution in [0.3, 0.4) is 0 Å². The number of fused-ring (bicyclic) bond motifs is 3. The Balaban J connectivity index is 0.672. The normalized spacial score (nSPS) is 14.4. The maximum Gasteiger partial charge on any atom is 0.264 e. The molecule has 0 saturated carbocycles. The van der Waals surface area contributed by atoms with Gasteiger partial charge in [0.2, 0.25) is 17.7 Å². The molecule has 18 heteroatoms. The van der Waals surface area contributed by atoms with Crippen LogP contribution < -0.4 is 21.3 Å². The van der Waals surface area contributed by atoms with Gasteiger partial charge in [0.25, 0.3) is 17.7 Å². The summed E-state index contributed by atoms with van der Waals surface area (Å²) >= 11 is 0. The summed E-state index contributed by atoms with van der Waals surface area (Å²) in [5.74, 6) is -2.44. The van der Waals surface area contributed by atoms with E-state index in [0.29, 0.717) is 95.7 Å². The van der Waals surface area contributed by atoms with E-state index in [9.17, 15) is 34.0 Å². The van der Waals surface area contributed by atoms with Gasteiger partial charge in [0, 0.05) is 74.6 Å². The van der Waals surface area contributed by atoms with Gasteiger partial charge in [-0.15, -0.1) is 0 Å². The van der Waals surface area contributed by atoms with Crippen molar-refractivity contribution in [2.45, 2.75) is 38.1 Å². The van der Waals surface area contributed by atoms with Crippen LogP contribution in [0.5, 0.6) is 0 Å². The van der Waals surface area contributed by atoms with E-state index in [2.05, 4.69) is 44.5 Å². The highest BCUT2D eigenvalue weighted by Crippen LogP contribution is 2.32. The summed E-state index contributed by atoms with van der Waals surface area (Å²) in [5, 5.41) is 23.9. The fourth-order valence-electron chi connectivity index (χ4n) is 8.10. The third-order valence-corrected chi connectivity index (χ3v) is 11.7. The monoisotopic (exact) mass is 940 g/mol. The first-order valence-electron chi connectivity index (χ1n) is 23.1. The molecule has 0 spiro atoms. The van der Waals surface area contributed by atoms with Crippen LogP contribution in [0.1, 0.15) is 67.9 Å². The SMILES string of the molecule is CN(CCCNC(=O)CCOCCOCCOCCOCCNc1cccc2c1C(=O)N(C1CCC(=O)NC1=O)C2=O)C(=O)c1ccc2cc(CCNc3ccnc4ccc(C#N)cc34)ccc2c1. The number of anilines is 2. The fourth-order valence-corrected chi connectivity index (χ4v) is 8.10. The van der Waals surface area contributed by atoms with Crippen LogP contribution in [-0.4, -0.2) is 142 Å². The zero-order valence-corrected chi connectivity index (χ0v) is 38.6. The van der Waals surface area contributed by atoms with Gasteiger partial charge in [0.05, 0.1) is 81.1 Å². The number of amides is 6. The molecule has 1 saturated heterocycles. The highest BCUT2D eigenvalue weighted by molar-refractivity contribution is 6.25. The van der Waals surface area contributed by atoms with Crippen LogP contribution in [0.4, 0.5) is 11.4 Å². The van der Waals surface area contributed by atoms with Gasteiger partial charge in [-0.1, -0.05) is 30.3 Å². The molecule has 6 amide bonds. The Bertz CT molecular complexity index is 2720. The molecular formula is C51H56N8O10. The number of nitrogens with one attached hydrogen (secondary N) is 4. The van der Waals surface area contributed by atoms with Crippen molar-refractivity contribution in [3.8, 4) is 6.07 Å². The number of carbonyl (C=O) groups excluding carboxylic acids is 6. The predicted molar refractivity (Wildman–Crippen MR) is 257 cm³/mol. The van der Waals surface area contributed by atoms with E-state index in [-0.39, 0.29) is 48.8 Å². The number of imide groups is 2. The molecule has 18 nitrogen and oxygen atoms in total. The molecule has 69 heavy (non-hydrogen) atoms. The molecule has 0 bridgehead atoms. The Kier molecular flexibility index (Phi) is 17.7. The Morgan fingerprint density at radius 2 is 1.52 bits per heavy atom. The second-order valence-corrected chi connectivity index (χ2v) is 16.5. The molecular weight excluding hydrogens is 885 g/mol. The summed E-state index contributed by atoms with van der Waals surface area (Å²) in [6.45, 7) is 4.65. The smallest absolute Gasteiger partial charge is 0.264 e. The van der Waals surface area contributed by atoms with Crippen LogP contribution in [0.15, 0.2) is 85.1 Å². The predicted octanol–water partition coefficient (Wildman–Crippen LogP) is 4.46. The van der Waals surface area contributed by atoms with Gasteiger partial charge in [-0.05, 0) is 84.1 Å². The molecule has 7 rings (SSSR count). The lowest BCUT2D eigenvalue weighted by Gasteiger charge is -2.27. The minimum atomic E-state index is -1.03. The van der Waals surface area contributed by atoms with E-state index < -0.39 is 29.7 Å². The van der Waals surface area contributed by atoms with Gasteiger partial charge in [0.1, 0.15) is 6.04 Å². The molecule has 5 aromatic rings. The standard InChI is InChI=1S/C51H56N8O10/c1-58(49(63)38-10-9-36-30-34(6-8-37(36)32-38)14-18-53-42-15-19-54-41-11-7-35(33-52)31-40(41)42)21-3-17-56-45(60)16-22-66-24-26-68-28-29-69-27-25-67-23-20-55-43-5-2-4-39-47(43)51(65)59(50(39)64)44-12-13-46(61)57-48(44)62/h2,4-11,15,19,30-32,44,55H,3,12-14,16-18,20-29H2,1H3,(H,53,54)(H,56,60)(H,57,61,62). The number of pyridine rings is 1. The summed E-state index contributed by atoms with van der Waals surface area (Å²) in [5.41, 5.74) is 4.98. The van der Waals surface area contributed by atoms with Crippen molar-refractivity contribution >= 4 is 68.5 Å². The lowest BCUT2D eigenvalue weighted by molar-refractivity contribution is -0.136. The summed E-state index contributed by atoms with van der Waals surface area (Å²) in [4.78, 5) is 82.7. The Morgan fingerprint density at radius 3 is 2.29 bits per heavy atom. The number of ether oxygens (including phenoxy) is 4. The summed E-state index contributed by atoms with van der Waals surface area (Å²) < 4.78 is 22.2. The molecule has 1 atom stereocenters. The lowest BCUT2D eigenvalue weighted by Crippen LogP contribution is -2.54. The zero-order chi connectivity index (χ0) is 48.5. The molecule has 360 valence electrons. The van der Waals surface area contributed by atoms with Crippen LogP contribution in [0.25, 0.3) is 21.7 Å². The van der Waals surface area contributed by atoms with Crippen molar-refractivity contribution in [1.29, 1.82) is 5.26 Å². The van der Waals surface area contributed by atoms with Crippen LogP contribution in [0.2, 0.25) is 0 Å². The van der Waals surface area contributed by atoms with Gasteiger partial charge < -0.3 is 39.8 Å². The average Bonchev–Trinajstić information content (AvgIpc) is 3.61. The third kappa shape index (κ3) is 13.2. The van der Waals surface area contributed by atoms with Crippen molar-refractivity contribution in [2.75, 3.05) is 96.7 Å². The number of benzene rings is 4. The fraction of sp³-hybridized carbons (Fsp3) is 0.373. The zero-order valence-electron chi connectivity index (χ0n) is 38.6. The van der Waals surface area contributed by atoms with Crippen molar-refractivity contribution in [3.05, 3.63) is 113 Å². The highest BCUT2D eigenvalue weighted by Gasteiger charge is 2.45. The number of nitrogens with zero attached hydrogens (tertiary/aromatic N) is 4. The number of piperidine rings is 1. The van der Waals surface area contributed by atoms with E-state index in [4.69, 9.17) is 18.9 Å². The molecule has 4 N–H and O–H groups in total. The van der Waals surface area contributed by atoms with E-state index >= 15 is 0 Å². The second kappa shape index (κ2) is 24.6. The largest absolute Gasteiger partial charge is 0.384 e. The minimum Gasteiger partial charge on any atom is -0.384 e. The van der Waals surface area contributed by atoms with Crippen molar-refractivity contribution in [1.82, 2.24) is 25.4 Å². The molecule has 2 aliphatic rings. The first-order valence-corrected chi connectivity index (χ1v) is 23.1. The molecule has 1 fully saturated rings. The van der Waals surface area contributed by atoms with Crippen molar-refractivity contribution in [3.63, 3.8) is 0 Å². The summed E-state index contributed by atoms with van der Waals surface area (Å²) in [6.07, 6.45) is 3.51. The number of hydrogen-bond acceptors (Lipinski definition) is 14. The maximum atomic E-state index is 13.2. The lowest BCUT2D eigenvalue weighted by atomic mass is 10.0. The molecule has 0 aliphatic carbocycles. The summed E-state index contributed by atoms with van der Waals surface area (Å²) in [6, 6.07) is 25.4.